The highest BCUT2D eigenvalue weighted by molar-refractivity contribution is 7.98. The monoisotopic (exact) mass is 435 g/mol. The largest absolute Gasteiger partial charge is 0.497 e. The second-order valence-electron chi connectivity index (χ2n) is 7.14. The minimum Gasteiger partial charge on any atom is -0.497 e. The van der Waals surface area contributed by atoms with Gasteiger partial charge in [0.1, 0.15) is 5.75 Å². The van der Waals surface area contributed by atoms with Gasteiger partial charge in [-0.05, 0) is 44.0 Å². The highest BCUT2D eigenvalue weighted by Crippen LogP contribution is 2.39. The van der Waals surface area contributed by atoms with Crippen LogP contribution in [0.25, 0.3) is 22.5 Å². The Morgan fingerprint density at radius 1 is 1.07 bits per heavy atom. The minimum atomic E-state index is 0.822. The number of thioether (sulfide) groups is 1. The molecule has 4 rings (SSSR count). The van der Waals surface area contributed by atoms with Gasteiger partial charge in [0.2, 0.25) is 0 Å². The number of thiophene rings is 1. The number of hydrogen-bond donors (Lipinski definition) is 0. The lowest BCUT2D eigenvalue weighted by Crippen LogP contribution is -2.00. The lowest BCUT2D eigenvalue weighted by molar-refractivity contribution is 0.414. The Bertz CT molecular complexity index is 1150. The normalized spacial score (nSPS) is 11.1. The standard InChI is InChI=1S/C24H25N3OS2/c1-5-27-23(21-15-29-17(3)22(21)19-11-9-16(2)10-12-19)25-26-24(27)30-14-18-7-6-8-20(13-18)28-4/h6-13,15H,5,14H2,1-4H3. The van der Waals surface area contributed by atoms with E-state index in [0.717, 1.165) is 34.6 Å². The molecule has 0 bridgehead atoms. The fourth-order valence-corrected chi connectivity index (χ4v) is 5.30. The van der Waals surface area contributed by atoms with E-state index in [1.807, 2.05) is 12.1 Å². The molecule has 0 fully saturated rings. The van der Waals surface area contributed by atoms with Gasteiger partial charge < -0.3 is 9.30 Å². The Hall–Kier alpha value is -2.57. The van der Waals surface area contributed by atoms with Crippen LogP contribution in [0.2, 0.25) is 0 Å². The van der Waals surface area contributed by atoms with E-state index in [4.69, 9.17) is 4.74 Å². The van der Waals surface area contributed by atoms with Crippen LogP contribution in [0.5, 0.6) is 5.75 Å². The van der Waals surface area contributed by atoms with Gasteiger partial charge in [-0.3, -0.25) is 0 Å². The van der Waals surface area contributed by atoms with Gasteiger partial charge in [-0.25, -0.2) is 0 Å². The topological polar surface area (TPSA) is 39.9 Å². The summed E-state index contributed by atoms with van der Waals surface area (Å²) in [6.45, 7) is 7.26. The van der Waals surface area contributed by atoms with Crippen molar-refractivity contribution in [2.45, 2.75) is 38.2 Å². The zero-order valence-electron chi connectivity index (χ0n) is 17.7. The number of rotatable bonds is 7. The van der Waals surface area contributed by atoms with Crippen LogP contribution >= 0.6 is 23.1 Å². The molecular formula is C24H25N3OS2. The van der Waals surface area contributed by atoms with Gasteiger partial charge in [-0.15, -0.1) is 21.5 Å². The predicted octanol–water partition coefficient (Wildman–Crippen LogP) is 6.61. The quantitative estimate of drug-likeness (QED) is 0.306. The van der Waals surface area contributed by atoms with E-state index in [2.05, 4.69) is 77.3 Å². The molecular weight excluding hydrogens is 410 g/mol. The van der Waals surface area contributed by atoms with Gasteiger partial charge in [0.25, 0.3) is 0 Å². The molecule has 0 radical (unpaired) electrons. The van der Waals surface area contributed by atoms with E-state index in [9.17, 15) is 0 Å². The fraction of sp³-hybridized carbons (Fsp3) is 0.250. The third-order valence-electron chi connectivity index (χ3n) is 5.09. The summed E-state index contributed by atoms with van der Waals surface area (Å²) in [5.41, 5.74) is 6.11. The third kappa shape index (κ3) is 4.16. The Morgan fingerprint density at radius 3 is 2.60 bits per heavy atom. The Balaban J connectivity index is 1.65. The first-order chi connectivity index (χ1) is 14.6. The molecule has 0 saturated heterocycles. The molecule has 0 aliphatic heterocycles. The van der Waals surface area contributed by atoms with Crippen molar-refractivity contribution in [2.24, 2.45) is 0 Å². The zero-order chi connectivity index (χ0) is 21.1. The van der Waals surface area contributed by atoms with Gasteiger partial charge in [0.05, 0.1) is 7.11 Å². The maximum Gasteiger partial charge on any atom is 0.191 e. The summed E-state index contributed by atoms with van der Waals surface area (Å²) in [6, 6.07) is 16.9. The summed E-state index contributed by atoms with van der Waals surface area (Å²) in [7, 11) is 1.70. The maximum atomic E-state index is 5.34. The second-order valence-corrected chi connectivity index (χ2v) is 9.16. The van der Waals surface area contributed by atoms with Crippen molar-refractivity contribution in [1.82, 2.24) is 14.8 Å². The first-order valence-electron chi connectivity index (χ1n) is 9.95. The highest BCUT2D eigenvalue weighted by Gasteiger charge is 2.20. The molecule has 4 aromatic rings. The van der Waals surface area contributed by atoms with E-state index in [1.165, 1.54) is 27.1 Å². The summed E-state index contributed by atoms with van der Waals surface area (Å²) in [5.74, 6) is 2.64. The summed E-state index contributed by atoms with van der Waals surface area (Å²) < 4.78 is 7.55. The smallest absolute Gasteiger partial charge is 0.191 e. The van der Waals surface area contributed by atoms with Crippen LogP contribution in [0.4, 0.5) is 0 Å². The van der Waals surface area contributed by atoms with Crippen molar-refractivity contribution in [3.63, 3.8) is 0 Å². The van der Waals surface area contributed by atoms with E-state index in [-0.39, 0.29) is 0 Å². The molecule has 0 aliphatic rings. The molecule has 0 N–H and O–H groups in total. The Labute approximate surface area is 185 Å². The van der Waals surface area contributed by atoms with Crippen molar-refractivity contribution >= 4 is 23.1 Å². The van der Waals surface area contributed by atoms with Crippen molar-refractivity contribution in [2.75, 3.05) is 7.11 Å². The second kappa shape index (κ2) is 9.06. The van der Waals surface area contributed by atoms with Gasteiger partial charge in [-0.1, -0.05) is 53.7 Å². The molecule has 2 aromatic heterocycles. The molecule has 4 nitrogen and oxygen atoms in total. The van der Waals surface area contributed by atoms with Crippen molar-refractivity contribution in [3.05, 3.63) is 69.9 Å². The van der Waals surface area contributed by atoms with E-state index >= 15 is 0 Å². The zero-order valence-corrected chi connectivity index (χ0v) is 19.3. The van der Waals surface area contributed by atoms with Crippen LogP contribution in [0, 0.1) is 13.8 Å². The van der Waals surface area contributed by atoms with Gasteiger partial charge in [0, 0.05) is 33.7 Å². The summed E-state index contributed by atoms with van der Waals surface area (Å²) in [4.78, 5) is 1.30. The van der Waals surface area contributed by atoms with Crippen LogP contribution in [0.1, 0.15) is 22.9 Å². The number of nitrogens with zero attached hydrogens (tertiary/aromatic N) is 3. The molecule has 0 aliphatic carbocycles. The molecule has 0 unspecified atom stereocenters. The Kier molecular flexibility index (Phi) is 6.25. The van der Waals surface area contributed by atoms with E-state index < -0.39 is 0 Å². The first kappa shape index (κ1) is 20.7. The average Bonchev–Trinajstić information content (AvgIpc) is 3.35. The molecule has 30 heavy (non-hydrogen) atoms. The minimum absolute atomic E-state index is 0.822. The molecule has 2 aromatic carbocycles. The van der Waals surface area contributed by atoms with Gasteiger partial charge in [0.15, 0.2) is 11.0 Å². The molecule has 154 valence electrons. The summed E-state index contributed by atoms with van der Waals surface area (Å²) in [5, 5.41) is 12.3. The number of methoxy groups -OCH3 is 1. The summed E-state index contributed by atoms with van der Waals surface area (Å²) >= 11 is 3.47. The van der Waals surface area contributed by atoms with Gasteiger partial charge in [-0.2, -0.15) is 0 Å². The molecule has 0 spiro atoms. The molecule has 0 saturated carbocycles. The highest BCUT2D eigenvalue weighted by atomic mass is 32.2. The lowest BCUT2D eigenvalue weighted by atomic mass is 10.0. The fourth-order valence-electron chi connectivity index (χ4n) is 3.49. The van der Waals surface area contributed by atoms with Crippen LogP contribution < -0.4 is 4.74 Å². The number of aryl methyl sites for hydroxylation is 2. The predicted molar refractivity (Wildman–Crippen MR) is 126 cm³/mol. The van der Waals surface area contributed by atoms with Crippen molar-refractivity contribution < 1.29 is 4.74 Å². The van der Waals surface area contributed by atoms with Crippen LogP contribution in [-0.2, 0) is 12.3 Å². The number of benzene rings is 2. The number of ether oxygens (including phenoxy) is 1. The van der Waals surface area contributed by atoms with Crippen molar-refractivity contribution in [1.29, 1.82) is 0 Å². The van der Waals surface area contributed by atoms with Gasteiger partial charge >= 0.3 is 0 Å². The van der Waals surface area contributed by atoms with Crippen molar-refractivity contribution in [3.8, 4) is 28.3 Å². The SMILES string of the molecule is CCn1c(SCc2cccc(OC)c2)nnc1-c1csc(C)c1-c1ccc(C)cc1. The van der Waals surface area contributed by atoms with E-state index in [1.54, 1.807) is 30.2 Å². The molecule has 6 heteroatoms. The molecule has 0 atom stereocenters. The number of aromatic nitrogens is 3. The van der Waals surface area contributed by atoms with Crippen LogP contribution in [0.15, 0.2) is 59.1 Å². The van der Waals surface area contributed by atoms with Crippen LogP contribution in [-0.4, -0.2) is 21.9 Å². The third-order valence-corrected chi connectivity index (χ3v) is 7.04. The maximum absolute atomic E-state index is 5.34. The average molecular weight is 436 g/mol. The van der Waals surface area contributed by atoms with Crippen LogP contribution in [0.3, 0.4) is 0 Å². The molecule has 2 heterocycles. The molecule has 0 amide bonds. The summed E-state index contributed by atoms with van der Waals surface area (Å²) in [6.07, 6.45) is 0. The number of hydrogen-bond acceptors (Lipinski definition) is 5. The lowest BCUT2D eigenvalue weighted by Gasteiger charge is -2.10. The van der Waals surface area contributed by atoms with E-state index in [0.29, 0.717) is 0 Å². The Morgan fingerprint density at radius 2 is 1.87 bits per heavy atom. The first-order valence-corrected chi connectivity index (χ1v) is 11.8.